The molecule has 16 nitrogen and oxygen atoms in total. The number of nitrogens with one attached hydrogen (secondary N) is 2. The van der Waals surface area contributed by atoms with Crippen molar-refractivity contribution in [3.05, 3.63) is 163 Å². The van der Waals surface area contributed by atoms with Gasteiger partial charge in [0.15, 0.2) is 0 Å². The van der Waals surface area contributed by atoms with Crippen LogP contribution in [0.2, 0.25) is 0 Å². The van der Waals surface area contributed by atoms with Crippen molar-refractivity contribution in [3.8, 4) is 11.5 Å². The van der Waals surface area contributed by atoms with E-state index in [1.165, 1.54) is 52.1 Å². The molecule has 2 aliphatic heterocycles. The summed E-state index contributed by atoms with van der Waals surface area (Å²) in [6, 6.07) is 39.5. The number of carbonyl (C=O) groups is 5. The molecule has 1 saturated carbocycles. The maximum absolute atomic E-state index is 11.9. The average Bonchev–Trinajstić information content (AvgIpc) is 3.66. The number of urea groups is 1. The number of carbonyl (C=O) groups excluding carboxylic acids is 3. The van der Waals surface area contributed by atoms with Crippen LogP contribution in [-0.2, 0) is 20.0 Å². The Balaban J connectivity index is 0.000000189. The van der Waals surface area contributed by atoms with Crippen molar-refractivity contribution < 1.29 is 48.8 Å². The predicted molar refractivity (Wildman–Crippen MR) is 321 cm³/mol. The van der Waals surface area contributed by atoms with E-state index < -0.39 is 46.7 Å². The summed E-state index contributed by atoms with van der Waals surface area (Å²) in [6.07, 6.45) is 9.51. The van der Waals surface area contributed by atoms with Crippen LogP contribution in [-0.4, -0.2) is 121 Å². The zero-order chi connectivity index (χ0) is 59.4. The molecule has 1 saturated heterocycles. The van der Waals surface area contributed by atoms with Gasteiger partial charge in [0.05, 0.1) is 42.7 Å². The summed E-state index contributed by atoms with van der Waals surface area (Å²) in [5, 5.41) is 34.9. The molecule has 17 heteroatoms. The fourth-order valence-corrected chi connectivity index (χ4v) is 10.9. The summed E-state index contributed by atoms with van der Waals surface area (Å²) >= 11 is 1.87. The number of amides is 4. The Hall–Kier alpha value is -7.57. The number of aromatic nitrogens is 1. The Bertz CT molecular complexity index is 3020. The zero-order valence-electron chi connectivity index (χ0n) is 48.3. The number of rotatable bonds is 15. The third-order valence-electron chi connectivity index (χ3n) is 15.1. The summed E-state index contributed by atoms with van der Waals surface area (Å²) in [7, 11) is 11.7. The number of carboxylic acid groups (broad SMARTS) is 2. The molecule has 3 heterocycles. The molecule has 4 amide bonds. The molecule has 6 aromatic rings. The first kappa shape index (κ1) is 64.3. The van der Waals surface area contributed by atoms with Crippen LogP contribution in [0.15, 0.2) is 156 Å². The number of aliphatic carboxylic acids is 1. The molecule has 9 rings (SSSR count). The van der Waals surface area contributed by atoms with Crippen molar-refractivity contribution in [2.24, 2.45) is 17.3 Å². The summed E-state index contributed by atoms with van der Waals surface area (Å²) in [5.74, 6) is -1.54. The van der Waals surface area contributed by atoms with E-state index >= 15 is 0 Å². The zero-order valence-corrected chi connectivity index (χ0v) is 49.2. The highest BCUT2D eigenvalue weighted by Gasteiger charge is 2.52. The number of para-hydroxylation sites is 2. The minimum atomic E-state index is -1.20. The second kappa shape index (κ2) is 30.3. The van der Waals surface area contributed by atoms with Crippen molar-refractivity contribution in [2.75, 3.05) is 60.4 Å². The van der Waals surface area contributed by atoms with Gasteiger partial charge in [-0.3, -0.25) is 30.0 Å². The average molecular weight is 1130 g/mol. The summed E-state index contributed by atoms with van der Waals surface area (Å²) in [6.45, 7) is 13.2. The maximum atomic E-state index is 11.9. The quantitative estimate of drug-likeness (QED) is 0.0478. The van der Waals surface area contributed by atoms with Crippen molar-refractivity contribution in [1.82, 2.24) is 25.4 Å². The number of likely N-dealkylation sites (N-methyl/N-ethyl adjacent to an activating group) is 1. The van der Waals surface area contributed by atoms with E-state index in [-0.39, 0.29) is 17.9 Å². The van der Waals surface area contributed by atoms with Gasteiger partial charge in [0.1, 0.15) is 16.9 Å². The first-order valence-electron chi connectivity index (χ1n) is 27.2. The molecule has 5 atom stereocenters. The number of aromatic carboxylic acids is 1. The van der Waals surface area contributed by atoms with Crippen LogP contribution < -0.4 is 25.0 Å². The van der Waals surface area contributed by atoms with E-state index in [2.05, 4.69) is 121 Å². The van der Waals surface area contributed by atoms with Crippen LogP contribution in [0.1, 0.15) is 93.6 Å². The number of ether oxygens (including phenoxy) is 2. The van der Waals surface area contributed by atoms with Gasteiger partial charge in [-0.15, -0.1) is 6.58 Å². The number of barbiturate groups is 1. The lowest BCUT2D eigenvalue weighted by molar-refractivity contribution is -0.148. The van der Waals surface area contributed by atoms with E-state index in [1.807, 2.05) is 86.3 Å². The van der Waals surface area contributed by atoms with E-state index in [0.29, 0.717) is 18.4 Å². The predicted octanol–water partition coefficient (Wildman–Crippen LogP) is 11.7. The van der Waals surface area contributed by atoms with Gasteiger partial charge in [-0.2, -0.15) is 0 Å². The molecule has 2 unspecified atom stereocenters. The van der Waals surface area contributed by atoms with Crippen LogP contribution in [0, 0.1) is 17.3 Å². The Morgan fingerprint density at radius 1 is 0.802 bits per heavy atom. The highest BCUT2D eigenvalue weighted by atomic mass is 32.2. The van der Waals surface area contributed by atoms with Crippen LogP contribution in [0.5, 0.6) is 11.5 Å². The number of benzene rings is 5. The summed E-state index contributed by atoms with van der Waals surface area (Å²) in [4.78, 5) is 69.1. The highest BCUT2D eigenvalue weighted by Crippen LogP contribution is 2.48. The first-order valence-corrected chi connectivity index (χ1v) is 28.0. The second-order valence-corrected chi connectivity index (χ2v) is 22.0. The molecule has 2 fully saturated rings. The minimum Gasteiger partial charge on any atom is -0.497 e. The largest absolute Gasteiger partial charge is 0.497 e. The topological polar surface area (TPSA) is 211 Å². The molecule has 432 valence electrons. The van der Waals surface area contributed by atoms with Crippen molar-refractivity contribution in [2.45, 2.75) is 93.6 Å². The molecule has 5 aromatic carbocycles. The Labute approximate surface area is 481 Å². The van der Waals surface area contributed by atoms with Crippen LogP contribution in [0.3, 0.4) is 0 Å². The molecule has 81 heavy (non-hydrogen) atoms. The van der Waals surface area contributed by atoms with Gasteiger partial charge in [-0.25, -0.2) is 9.59 Å². The van der Waals surface area contributed by atoms with Crippen LogP contribution >= 0.6 is 11.8 Å². The smallest absolute Gasteiger partial charge is 0.337 e. The summed E-state index contributed by atoms with van der Waals surface area (Å²) < 4.78 is 10.4. The van der Waals surface area contributed by atoms with E-state index in [4.69, 9.17) is 19.7 Å². The first-order chi connectivity index (χ1) is 38.6. The van der Waals surface area contributed by atoms with Crippen molar-refractivity contribution in [1.29, 1.82) is 0 Å². The normalized spacial score (nSPS) is 17.9. The van der Waals surface area contributed by atoms with Gasteiger partial charge in [-0.1, -0.05) is 112 Å². The molecule has 0 bridgehead atoms. The summed E-state index contributed by atoms with van der Waals surface area (Å²) in [5.41, 5.74) is 2.77. The Morgan fingerprint density at radius 3 is 1.94 bits per heavy atom. The van der Waals surface area contributed by atoms with E-state index in [1.54, 1.807) is 27.2 Å². The number of hydrogen-bond donors (Lipinski definition) is 5. The van der Waals surface area contributed by atoms with Crippen LogP contribution in [0.4, 0.5) is 16.2 Å². The molecule has 3 aliphatic rings. The second-order valence-electron chi connectivity index (χ2n) is 20.9. The third-order valence-corrected chi connectivity index (χ3v) is 16.2. The van der Waals surface area contributed by atoms with Gasteiger partial charge < -0.3 is 39.5 Å². The number of methoxy groups -OCH3 is 2. The number of hydrogen-bond acceptors (Lipinski definition) is 13. The number of allylic oxidation sites excluding steroid dienone is 1. The highest BCUT2D eigenvalue weighted by molar-refractivity contribution is 7.99. The number of nitrogens with zero attached hydrogens (tertiary/aromatic N) is 4. The number of imide groups is 2. The molecular formula is C64H80N6O10S. The Kier molecular flexibility index (Phi) is 24.0. The maximum Gasteiger partial charge on any atom is 0.337 e. The van der Waals surface area contributed by atoms with Crippen molar-refractivity contribution >= 4 is 63.7 Å². The standard InChI is InChI=1S/C17H20N2S.C16H25NO2.C14H14O3.C11H16N2O3.C6H5NO2/c1-13(18(2)3)12-19-14-8-4-6-10-16(14)20-17-11-7-5-9-15(17)19;1-17(2)12-14-7-4-5-10-16(14,18)13-8-6-9-15(11-13)19-3;1-9(14(15)16)10-3-4-12-8-13(17-2)6-5-11(12)7-10;1-4-6-11(7(3)5-2)8(14)12-10(16)13-9(11)15;8-6(9)5-2-1-3-7-4-5/h4-11,13H,12H2,1-3H3;6,8-9,11,14,18H,4-5,7,10,12H2,1-3H3;3-9H,1-2H3,(H,15,16);4,7H,1,5-6H2,2-3H3,(H2,12,13,14,15,16);1-4H,(H,8,9)/t;14-,16+;9-;;/m.10../s1. The number of pyridine rings is 1. The molecule has 0 radical (unpaired) electrons. The molecule has 1 aromatic heterocycles. The SMILES string of the molecule is C=CCC1(C(C)CC)C(=O)NC(=O)NC1=O.CC(CN1c2ccccc2Sc2ccccc21)N(C)C.COc1ccc2cc([C@H](C)C(=O)O)ccc2c1.COc1cccc([C@@]2(O)CCCC[C@@H]2CN(C)C)c1.O=C(O)c1cccnc1. The lowest BCUT2D eigenvalue weighted by atomic mass is 9.70. The lowest BCUT2D eigenvalue weighted by Gasteiger charge is -2.41. The van der Waals surface area contributed by atoms with E-state index in [9.17, 15) is 29.1 Å². The van der Waals surface area contributed by atoms with Gasteiger partial charge in [0.25, 0.3) is 0 Å². The fourth-order valence-electron chi connectivity index (χ4n) is 9.83. The van der Waals surface area contributed by atoms with Gasteiger partial charge in [0, 0.05) is 47.2 Å². The third kappa shape index (κ3) is 16.8. The number of fused-ring (bicyclic) bond motifs is 3. The monoisotopic (exact) mass is 1120 g/mol. The minimum absolute atomic E-state index is 0.154. The van der Waals surface area contributed by atoms with E-state index in [0.717, 1.165) is 65.8 Å². The number of carboxylic acids is 2. The van der Waals surface area contributed by atoms with Gasteiger partial charge in [-0.05, 0) is 150 Å². The molecule has 1 aliphatic carbocycles. The molecule has 5 N–H and O–H groups in total. The molecule has 0 spiro atoms. The molecular weight excluding hydrogens is 1040 g/mol. The number of anilines is 2. The lowest BCUT2D eigenvalue weighted by Crippen LogP contribution is -2.64. The number of aliphatic hydroxyl groups is 1. The fraction of sp³-hybridized carbons (Fsp3) is 0.375. The van der Waals surface area contributed by atoms with Gasteiger partial charge >= 0.3 is 18.0 Å². The Morgan fingerprint density at radius 2 is 1.41 bits per heavy atom. The van der Waals surface area contributed by atoms with Gasteiger partial charge in [0.2, 0.25) is 11.8 Å². The van der Waals surface area contributed by atoms with Crippen molar-refractivity contribution in [3.63, 3.8) is 0 Å². The van der Waals surface area contributed by atoms with Crippen LogP contribution in [0.25, 0.3) is 10.8 Å².